The number of likely N-dealkylation sites (tertiary alicyclic amines) is 1. The van der Waals surface area contributed by atoms with Gasteiger partial charge in [-0.1, -0.05) is 19.9 Å². The lowest BCUT2D eigenvalue weighted by atomic mass is 9.84. The molecule has 29 heavy (non-hydrogen) atoms. The molecule has 1 aliphatic rings. The molecule has 0 bridgehead atoms. The van der Waals surface area contributed by atoms with E-state index in [0.717, 1.165) is 56.5 Å². The van der Waals surface area contributed by atoms with Gasteiger partial charge >= 0.3 is 0 Å². The Morgan fingerprint density at radius 2 is 1.79 bits per heavy atom. The van der Waals surface area contributed by atoms with Gasteiger partial charge in [0.05, 0.1) is 26.9 Å². The predicted octanol–water partition coefficient (Wildman–Crippen LogP) is 4.07. The standard InChI is InChI=1S/C22H37N3O3.HI/c1-7-23-21(25-13-11-18(12-14-25)28-8-2)24-16-22(3,4)17-9-10-19(26-5)20(15-17)27-6;/h9-10,15,18H,7-8,11-14,16H2,1-6H3,(H,23,24);1H. The molecular weight excluding hydrogens is 481 g/mol. The van der Waals surface area contributed by atoms with Gasteiger partial charge in [0.25, 0.3) is 0 Å². The number of ether oxygens (including phenoxy) is 3. The van der Waals surface area contributed by atoms with Crippen LogP contribution < -0.4 is 14.8 Å². The summed E-state index contributed by atoms with van der Waals surface area (Å²) in [5, 5.41) is 3.45. The first-order chi connectivity index (χ1) is 13.4. The third kappa shape index (κ3) is 7.20. The van der Waals surface area contributed by atoms with Crippen molar-refractivity contribution in [3.8, 4) is 11.5 Å². The molecule has 0 amide bonds. The van der Waals surface area contributed by atoms with Crippen LogP contribution in [-0.2, 0) is 10.2 Å². The predicted molar refractivity (Wildman–Crippen MR) is 130 cm³/mol. The van der Waals surface area contributed by atoms with Crippen molar-refractivity contribution in [1.29, 1.82) is 0 Å². The zero-order valence-corrected chi connectivity index (χ0v) is 21.1. The summed E-state index contributed by atoms with van der Waals surface area (Å²) in [5.41, 5.74) is 1.06. The zero-order chi connectivity index (χ0) is 20.6. The van der Waals surface area contributed by atoms with Crippen LogP contribution in [0.15, 0.2) is 23.2 Å². The molecule has 1 aromatic rings. The van der Waals surface area contributed by atoms with E-state index in [-0.39, 0.29) is 29.4 Å². The minimum absolute atomic E-state index is 0. The van der Waals surface area contributed by atoms with Crippen LogP contribution in [0.25, 0.3) is 0 Å². The minimum Gasteiger partial charge on any atom is -0.493 e. The number of halogens is 1. The lowest BCUT2D eigenvalue weighted by Gasteiger charge is -2.34. The van der Waals surface area contributed by atoms with Crippen molar-refractivity contribution in [2.45, 2.75) is 52.1 Å². The average Bonchev–Trinajstić information content (AvgIpc) is 2.71. The normalized spacial score (nSPS) is 15.7. The van der Waals surface area contributed by atoms with E-state index in [2.05, 4.69) is 50.0 Å². The second-order valence-electron chi connectivity index (χ2n) is 7.77. The topological polar surface area (TPSA) is 55.3 Å². The first kappa shape index (κ1) is 25.8. The van der Waals surface area contributed by atoms with Gasteiger partial charge in [-0.05, 0) is 44.4 Å². The van der Waals surface area contributed by atoms with Gasteiger partial charge in [-0.15, -0.1) is 24.0 Å². The number of hydrogen-bond acceptors (Lipinski definition) is 4. The molecule has 6 nitrogen and oxygen atoms in total. The summed E-state index contributed by atoms with van der Waals surface area (Å²) < 4.78 is 16.6. The van der Waals surface area contributed by atoms with E-state index in [1.165, 1.54) is 5.56 Å². The lowest BCUT2D eigenvalue weighted by Crippen LogP contribution is -2.47. The molecular formula is C22H38IN3O3. The average molecular weight is 519 g/mol. The van der Waals surface area contributed by atoms with E-state index in [4.69, 9.17) is 19.2 Å². The molecule has 166 valence electrons. The summed E-state index contributed by atoms with van der Waals surface area (Å²) in [6.45, 7) is 12.9. The maximum Gasteiger partial charge on any atom is 0.193 e. The monoisotopic (exact) mass is 519 g/mol. The highest BCUT2D eigenvalue weighted by Crippen LogP contribution is 2.33. The molecule has 1 N–H and O–H groups in total. The molecule has 0 radical (unpaired) electrons. The first-order valence-corrected chi connectivity index (χ1v) is 10.3. The third-order valence-electron chi connectivity index (χ3n) is 5.27. The number of nitrogens with one attached hydrogen (secondary N) is 1. The molecule has 0 unspecified atom stereocenters. The van der Waals surface area contributed by atoms with Crippen LogP contribution in [0.5, 0.6) is 11.5 Å². The summed E-state index contributed by atoms with van der Waals surface area (Å²) >= 11 is 0. The first-order valence-electron chi connectivity index (χ1n) is 10.3. The molecule has 7 heteroatoms. The Labute approximate surface area is 193 Å². The van der Waals surface area contributed by atoms with Gasteiger partial charge in [-0.3, -0.25) is 4.99 Å². The van der Waals surface area contributed by atoms with Crippen LogP contribution in [0.3, 0.4) is 0 Å². The molecule has 0 aliphatic carbocycles. The van der Waals surface area contributed by atoms with Crippen LogP contribution in [0.4, 0.5) is 0 Å². The smallest absolute Gasteiger partial charge is 0.193 e. The van der Waals surface area contributed by atoms with E-state index in [1.54, 1.807) is 14.2 Å². The second kappa shape index (κ2) is 12.5. The van der Waals surface area contributed by atoms with E-state index in [0.29, 0.717) is 12.6 Å². The fraction of sp³-hybridized carbons (Fsp3) is 0.682. The fourth-order valence-electron chi connectivity index (χ4n) is 3.52. The van der Waals surface area contributed by atoms with Gasteiger partial charge in [0, 0.05) is 31.7 Å². The molecule has 1 heterocycles. The lowest BCUT2D eigenvalue weighted by molar-refractivity contribution is 0.0263. The number of guanidine groups is 1. The van der Waals surface area contributed by atoms with Crippen molar-refractivity contribution in [2.75, 3.05) is 47.0 Å². The number of methoxy groups -OCH3 is 2. The summed E-state index contributed by atoms with van der Waals surface area (Å²) in [6.07, 6.45) is 2.49. The molecule has 0 aromatic heterocycles. The SMILES string of the molecule is CCNC(=NCC(C)(C)c1ccc(OC)c(OC)c1)N1CCC(OCC)CC1.I. The Kier molecular flexibility index (Phi) is 11.1. The number of piperidine rings is 1. The molecule has 2 rings (SSSR count). The summed E-state index contributed by atoms with van der Waals surface area (Å²) in [7, 11) is 3.33. The Hall–Kier alpha value is -1.22. The molecule has 0 spiro atoms. The molecule has 1 aliphatic heterocycles. The van der Waals surface area contributed by atoms with Gasteiger partial charge in [-0.2, -0.15) is 0 Å². The summed E-state index contributed by atoms with van der Waals surface area (Å²) in [4.78, 5) is 7.32. The molecule has 1 saturated heterocycles. The van der Waals surface area contributed by atoms with Gasteiger partial charge < -0.3 is 24.4 Å². The van der Waals surface area contributed by atoms with Crippen LogP contribution in [0.2, 0.25) is 0 Å². The van der Waals surface area contributed by atoms with E-state index in [1.807, 2.05) is 6.07 Å². The van der Waals surface area contributed by atoms with Crippen LogP contribution in [-0.4, -0.2) is 64.0 Å². The highest BCUT2D eigenvalue weighted by atomic mass is 127. The number of benzene rings is 1. The second-order valence-corrected chi connectivity index (χ2v) is 7.77. The Balaban J connectivity index is 0.00000420. The summed E-state index contributed by atoms with van der Waals surface area (Å²) in [6, 6.07) is 6.11. The van der Waals surface area contributed by atoms with Crippen molar-refractivity contribution in [1.82, 2.24) is 10.2 Å². The van der Waals surface area contributed by atoms with Gasteiger partial charge in [-0.25, -0.2) is 0 Å². The highest BCUT2D eigenvalue weighted by molar-refractivity contribution is 14.0. The number of aliphatic imine (C=N–C) groups is 1. The Bertz CT molecular complexity index is 644. The van der Waals surface area contributed by atoms with Crippen LogP contribution in [0, 0.1) is 0 Å². The summed E-state index contributed by atoms with van der Waals surface area (Å²) in [5.74, 6) is 2.49. The maximum absolute atomic E-state index is 5.77. The van der Waals surface area contributed by atoms with Crippen LogP contribution >= 0.6 is 24.0 Å². The van der Waals surface area contributed by atoms with Crippen molar-refractivity contribution in [2.24, 2.45) is 4.99 Å². The van der Waals surface area contributed by atoms with Crippen molar-refractivity contribution >= 4 is 29.9 Å². The van der Waals surface area contributed by atoms with Gasteiger partial charge in [0.2, 0.25) is 0 Å². The number of hydrogen-bond donors (Lipinski definition) is 1. The maximum atomic E-state index is 5.77. The quantitative estimate of drug-likeness (QED) is 0.319. The van der Waals surface area contributed by atoms with Gasteiger partial charge in [0.1, 0.15) is 0 Å². The molecule has 1 fully saturated rings. The molecule has 0 saturated carbocycles. The largest absolute Gasteiger partial charge is 0.493 e. The highest BCUT2D eigenvalue weighted by Gasteiger charge is 2.25. The van der Waals surface area contributed by atoms with E-state index < -0.39 is 0 Å². The van der Waals surface area contributed by atoms with E-state index in [9.17, 15) is 0 Å². The number of rotatable bonds is 8. The van der Waals surface area contributed by atoms with Crippen molar-refractivity contribution in [3.05, 3.63) is 23.8 Å². The minimum atomic E-state index is -0.121. The number of nitrogens with zero attached hydrogens (tertiary/aromatic N) is 2. The third-order valence-corrected chi connectivity index (χ3v) is 5.27. The molecule has 0 atom stereocenters. The van der Waals surface area contributed by atoms with Crippen molar-refractivity contribution in [3.63, 3.8) is 0 Å². The van der Waals surface area contributed by atoms with E-state index >= 15 is 0 Å². The van der Waals surface area contributed by atoms with Crippen molar-refractivity contribution < 1.29 is 14.2 Å². The molecule has 1 aromatic carbocycles. The Morgan fingerprint density at radius 1 is 1.14 bits per heavy atom. The van der Waals surface area contributed by atoms with Gasteiger partial charge in [0.15, 0.2) is 17.5 Å². The fourth-order valence-corrected chi connectivity index (χ4v) is 3.52. The van der Waals surface area contributed by atoms with Crippen LogP contribution in [0.1, 0.15) is 46.1 Å². The zero-order valence-electron chi connectivity index (χ0n) is 18.8. The Morgan fingerprint density at radius 3 is 2.34 bits per heavy atom.